The number of nitrogens with two attached hydrogens (primary N) is 1. The van der Waals surface area contributed by atoms with Crippen molar-refractivity contribution in [2.75, 3.05) is 17.8 Å². The van der Waals surface area contributed by atoms with Crippen molar-refractivity contribution in [3.8, 4) is 0 Å². The van der Waals surface area contributed by atoms with E-state index in [-0.39, 0.29) is 0 Å². The van der Waals surface area contributed by atoms with E-state index >= 15 is 0 Å². The Labute approximate surface area is 128 Å². The first-order valence-corrected chi connectivity index (χ1v) is 7.17. The first-order chi connectivity index (χ1) is 9.47. The zero-order valence-electron chi connectivity index (χ0n) is 11.9. The van der Waals surface area contributed by atoms with Crippen molar-refractivity contribution in [1.82, 2.24) is 0 Å². The highest BCUT2D eigenvalue weighted by Crippen LogP contribution is 2.19. The van der Waals surface area contributed by atoms with Crippen LogP contribution in [0.5, 0.6) is 0 Å². The number of nitrogen functional groups attached to an aromatic ring is 1. The molecule has 0 saturated carbocycles. The van der Waals surface area contributed by atoms with E-state index in [2.05, 4.69) is 34.0 Å². The fourth-order valence-electron chi connectivity index (χ4n) is 1.98. The van der Waals surface area contributed by atoms with Gasteiger partial charge in [0.2, 0.25) is 0 Å². The Morgan fingerprint density at radius 2 is 1.80 bits per heavy atom. The van der Waals surface area contributed by atoms with Crippen LogP contribution in [-0.2, 0) is 0 Å². The predicted octanol–water partition coefficient (Wildman–Crippen LogP) is 4.20. The predicted molar refractivity (Wildman–Crippen MR) is 90.3 cm³/mol. The zero-order valence-corrected chi connectivity index (χ0v) is 13.5. The van der Waals surface area contributed by atoms with E-state index in [1.165, 1.54) is 5.56 Å². The van der Waals surface area contributed by atoms with E-state index in [4.69, 9.17) is 5.73 Å². The third kappa shape index (κ3) is 3.39. The first-order valence-electron chi connectivity index (χ1n) is 6.38. The second-order valence-corrected chi connectivity index (χ2v) is 5.69. The minimum Gasteiger partial charge on any atom is -0.398 e. The molecule has 0 spiro atoms. The normalized spacial score (nSPS) is 11.5. The molecule has 0 fully saturated rings. The van der Waals surface area contributed by atoms with Crippen molar-refractivity contribution in [2.45, 2.75) is 13.8 Å². The summed E-state index contributed by atoms with van der Waals surface area (Å²) in [5.41, 5.74) is 10.9. The highest BCUT2D eigenvalue weighted by atomic mass is 79.9. The van der Waals surface area contributed by atoms with Crippen LogP contribution in [0.4, 0.5) is 11.4 Å². The van der Waals surface area contributed by atoms with Crippen LogP contribution in [0.15, 0.2) is 52.0 Å². The molecular formula is C16H18BrN3. The summed E-state index contributed by atoms with van der Waals surface area (Å²) < 4.78 is 1.05. The number of halogens is 1. The van der Waals surface area contributed by atoms with Gasteiger partial charge in [-0.3, -0.25) is 5.01 Å². The molecule has 2 aromatic carbocycles. The van der Waals surface area contributed by atoms with Crippen molar-refractivity contribution >= 4 is 33.0 Å². The number of benzene rings is 2. The smallest absolute Gasteiger partial charge is 0.0671 e. The van der Waals surface area contributed by atoms with Crippen molar-refractivity contribution in [3.63, 3.8) is 0 Å². The van der Waals surface area contributed by atoms with Crippen LogP contribution in [-0.4, -0.2) is 12.8 Å². The second kappa shape index (κ2) is 6.09. The molecule has 0 amide bonds. The maximum Gasteiger partial charge on any atom is 0.0671 e. The molecule has 2 aromatic rings. The summed E-state index contributed by atoms with van der Waals surface area (Å²) in [4.78, 5) is 0. The van der Waals surface area contributed by atoms with Gasteiger partial charge in [0.25, 0.3) is 0 Å². The van der Waals surface area contributed by atoms with E-state index in [1.54, 1.807) is 0 Å². The van der Waals surface area contributed by atoms with Crippen LogP contribution in [0, 0.1) is 6.92 Å². The highest BCUT2D eigenvalue weighted by molar-refractivity contribution is 9.10. The van der Waals surface area contributed by atoms with Gasteiger partial charge >= 0.3 is 0 Å². The van der Waals surface area contributed by atoms with Crippen LogP contribution in [0.25, 0.3) is 0 Å². The molecule has 0 unspecified atom stereocenters. The monoisotopic (exact) mass is 331 g/mol. The van der Waals surface area contributed by atoms with E-state index in [0.717, 1.165) is 27.1 Å². The van der Waals surface area contributed by atoms with Crippen molar-refractivity contribution in [3.05, 3.63) is 58.1 Å². The lowest BCUT2D eigenvalue weighted by Gasteiger charge is -2.15. The number of hydrazone groups is 1. The van der Waals surface area contributed by atoms with E-state index in [0.29, 0.717) is 0 Å². The molecule has 0 atom stereocenters. The Morgan fingerprint density at radius 3 is 2.45 bits per heavy atom. The molecule has 20 heavy (non-hydrogen) atoms. The lowest BCUT2D eigenvalue weighted by molar-refractivity contribution is 1.01. The Kier molecular flexibility index (Phi) is 4.45. The van der Waals surface area contributed by atoms with Gasteiger partial charge in [0.05, 0.1) is 11.4 Å². The van der Waals surface area contributed by atoms with Gasteiger partial charge in [-0.05, 0) is 50.2 Å². The van der Waals surface area contributed by atoms with Crippen LogP contribution < -0.4 is 10.7 Å². The fourth-order valence-corrected chi connectivity index (χ4v) is 2.24. The van der Waals surface area contributed by atoms with Crippen LogP contribution in [0.2, 0.25) is 0 Å². The Bertz CT molecular complexity index is 633. The minimum absolute atomic E-state index is 0.751. The quantitative estimate of drug-likeness (QED) is 0.520. The van der Waals surface area contributed by atoms with Gasteiger partial charge in [-0.2, -0.15) is 5.10 Å². The Balaban J connectivity index is 2.29. The highest BCUT2D eigenvalue weighted by Gasteiger charge is 2.05. The van der Waals surface area contributed by atoms with Gasteiger partial charge in [-0.1, -0.05) is 27.6 Å². The molecular weight excluding hydrogens is 314 g/mol. The lowest BCUT2D eigenvalue weighted by Crippen LogP contribution is -2.13. The number of hydrogen-bond donors (Lipinski definition) is 1. The van der Waals surface area contributed by atoms with Crippen molar-refractivity contribution in [2.24, 2.45) is 5.10 Å². The average Bonchev–Trinajstić information content (AvgIpc) is 2.42. The Morgan fingerprint density at radius 1 is 1.15 bits per heavy atom. The number of hydrogen-bond acceptors (Lipinski definition) is 3. The molecule has 0 aliphatic carbocycles. The summed E-state index contributed by atoms with van der Waals surface area (Å²) in [7, 11) is 1.93. The molecule has 0 heterocycles. The van der Waals surface area contributed by atoms with E-state index in [9.17, 15) is 0 Å². The van der Waals surface area contributed by atoms with Crippen LogP contribution in [0.1, 0.15) is 18.1 Å². The summed E-state index contributed by atoms with van der Waals surface area (Å²) in [6.45, 7) is 4.02. The third-order valence-electron chi connectivity index (χ3n) is 3.10. The molecule has 104 valence electrons. The maximum absolute atomic E-state index is 6.02. The molecule has 0 aliphatic rings. The summed E-state index contributed by atoms with van der Waals surface area (Å²) in [6, 6.07) is 14.0. The number of aryl methyl sites for hydroxylation is 1. The molecule has 4 heteroatoms. The lowest BCUT2D eigenvalue weighted by atomic mass is 10.1. The van der Waals surface area contributed by atoms with Gasteiger partial charge in [-0.15, -0.1) is 0 Å². The molecule has 0 bridgehead atoms. The second-order valence-electron chi connectivity index (χ2n) is 4.78. The van der Waals surface area contributed by atoms with Crippen molar-refractivity contribution < 1.29 is 0 Å². The van der Waals surface area contributed by atoms with Crippen LogP contribution >= 0.6 is 15.9 Å². The number of anilines is 2. The molecule has 3 nitrogen and oxygen atoms in total. The summed E-state index contributed by atoms with van der Waals surface area (Å²) >= 11 is 3.43. The fraction of sp³-hybridized carbons (Fsp3) is 0.188. The molecule has 2 rings (SSSR count). The number of rotatable bonds is 3. The SMILES string of the molecule is C/C(=N\N(C)c1ccc(Br)cc1)c1cc(C)ccc1N. The van der Waals surface area contributed by atoms with Crippen molar-refractivity contribution in [1.29, 1.82) is 0 Å². The number of nitrogens with zero attached hydrogens (tertiary/aromatic N) is 2. The molecule has 0 saturated heterocycles. The largest absolute Gasteiger partial charge is 0.398 e. The summed E-state index contributed by atoms with van der Waals surface area (Å²) in [6.07, 6.45) is 0. The third-order valence-corrected chi connectivity index (χ3v) is 3.63. The van der Waals surface area contributed by atoms with Gasteiger partial charge in [-0.25, -0.2) is 0 Å². The van der Waals surface area contributed by atoms with Crippen LogP contribution in [0.3, 0.4) is 0 Å². The Hall–Kier alpha value is -1.81. The van der Waals surface area contributed by atoms with Gasteiger partial charge in [0.1, 0.15) is 0 Å². The van der Waals surface area contributed by atoms with Gasteiger partial charge < -0.3 is 5.73 Å². The summed E-state index contributed by atoms with van der Waals surface area (Å²) in [5, 5.41) is 6.45. The molecule has 2 N–H and O–H groups in total. The molecule has 0 aromatic heterocycles. The standard InChI is InChI=1S/C16H18BrN3/c1-11-4-9-16(18)15(10-11)12(2)19-20(3)14-7-5-13(17)6-8-14/h4-10H,18H2,1-3H3/b19-12+. The van der Waals surface area contributed by atoms with Gasteiger partial charge in [0, 0.05) is 22.8 Å². The minimum atomic E-state index is 0.751. The summed E-state index contributed by atoms with van der Waals surface area (Å²) in [5.74, 6) is 0. The molecule has 0 radical (unpaired) electrons. The van der Waals surface area contributed by atoms with E-state index in [1.807, 2.05) is 55.4 Å². The van der Waals surface area contributed by atoms with E-state index < -0.39 is 0 Å². The maximum atomic E-state index is 6.02. The topological polar surface area (TPSA) is 41.6 Å². The zero-order chi connectivity index (χ0) is 14.7. The molecule has 0 aliphatic heterocycles. The average molecular weight is 332 g/mol. The first kappa shape index (κ1) is 14.6. The van der Waals surface area contributed by atoms with Gasteiger partial charge in [0.15, 0.2) is 0 Å².